The molecule has 1 nitrogen and oxygen atoms in total. The SMILES string of the molecule is Cc1ccc(OCI)c(C)c1I. The Morgan fingerprint density at radius 3 is 2.58 bits per heavy atom. The predicted octanol–water partition coefficient (Wildman–Crippen LogP) is 3.68. The molecule has 66 valence electrons. The van der Waals surface area contributed by atoms with Crippen molar-refractivity contribution in [2.75, 3.05) is 4.61 Å². The summed E-state index contributed by atoms with van der Waals surface area (Å²) in [5, 5.41) is 0. The van der Waals surface area contributed by atoms with Gasteiger partial charge in [0.15, 0.2) is 0 Å². The summed E-state index contributed by atoms with van der Waals surface area (Å²) in [6, 6.07) is 4.13. The molecular formula is C9H10I2O. The molecule has 1 aromatic carbocycles. The summed E-state index contributed by atoms with van der Waals surface area (Å²) in [7, 11) is 0. The van der Waals surface area contributed by atoms with Crippen molar-refractivity contribution in [3.8, 4) is 5.75 Å². The third-order valence-corrected chi connectivity index (χ3v) is 3.71. The first-order chi connectivity index (χ1) is 5.66. The van der Waals surface area contributed by atoms with Gasteiger partial charge in [-0.1, -0.05) is 6.07 Å². The smallest absolute Gasteiger partial charge is 0.139 e. The summed E-state index contributed by atoms with van der Waals surface area (Å²) in [5.41, 5.74) is 2.56. The molecule has 0 saturated heterocycles. The van der Waals surface area contributed by atoms with Crippen LogP contribution in [-0.2, 0) is 0 Å². The highest BCUT2D eigenvalue weighted by Crippen LogP contribution is 2.25. The Labute approximate surface area is 100 Å². The van der Waals surface area contributed by atoms with Gasteiger partial charge in [-0.2, -0.15) is 0 Å². The number of benzene rings is 1. The third kappa shape index (κ3) is 2.25. The van der Waals surface area contributed by atoms with Gasteiger partial charge >= 0.3 is 0 Å². The lowest BCUT2D eigenvalue weighted by Gasteiger charge is -2.09. The molecule has 0 fully saturated rings. The quantitative estimate of drug-likeness (QED) is 0.555. The molecule has 0 amide bonds. The lowest BCUT2D eigenvalue weighted by Crippen LogP contribution is -1.94. The van der Waals surface area contributed by atoms with E-state index in [0.717, 1.165) is 5.75 Å². The molecule has 0 aliphatic heterocycles. The fraction of sp³-hybridized carbons (Fsp3) is 0.333. The summed E-state index contributed by atoms with van der Waals surface area (Å²) in [6.07, 6.45) is 0. The van der Waals surface area contributed by atoms with Crippen LogP contribution >= 0.6 is 45.2 Å². The molecule has 0 aliphatic carbocycles. The van der Waals surface area contributed by atoms with Gasteiger partial charge < -0.3 is 4.74 Å². The topological polar surface area (TPSA) is 9.23 Å². The van der Waals surface area contributed by atoms with Crippen LogP contribution < -0.4 is 4.74 Å². The Bertz CT molecular complexity index is 284. The summed E-state index contributed by atoms with van der Waals surface area (Å²) in [6.45, 7) is 4.21. The maximum Gasteiger partial charge on any atom is 0.139 e. The van der Waals surface area contributed by atoms with Gasteiger partial charge in [0.2, 0.25) is 0 Å². The standard InChI is InChI=1S/C9H10I2O/c1-6-3-4-8(12-5-10)7(2)9(6)11/h3-4H,5H2,1-2H3. The van der Waals surface area contributed by atoms with Crippen LogP contribution in [0.25, 0.3) is 0 Å². The second kappa shape index (κ2) is 4.64. The second-order valence-electron chi connectivity index (χ2n) is 2.57. The molecule has 12 heavy (non-hydrogen) atoms. The number of alkyl halides is 1. The normalized spacial score (nSPS) is 10.0. The van der Waals surface area contributed by atoms with Gasteiger partial charge in [0, 0.05) is 9.13 Å². The molecule has 0 heterocycles. The van der Waals surface area contributed by atoms with E-state index in [0.29, 0.717) is 4.61 Å². The lowest BCUT2D eigenvalue weighted by molar-refractivity contribution is 0.401. The minimum Gasteiger partial charge on any atom is -0.483 e. The highest BCUT2D eigenvalue weighted by atomic mass is 127. The number of hydrogen-bond donors (Lipinski definition) is 0. The maximum absolute atomic E-state index is 5.45. The number of hydrogen-bond acceptors (Lipinski definition) is 1. The molecule has 0 bridgehead atoms. The van der Waals surface area contributed by atoms with Crippen molar-refractivity contribution >= 4 is 45.2 Å². The van der Waals surface area contributed by atoms with Crippen molar-refractivity contribution in [2.24, 2.45) is 0 Å². The van der Waals surface area contributed by atoms with E-state index < -0.39 is 0 Å². The third-order valence-electron chi connectivity index (χ3n) is 1.74. The van der Waals surface area contributed by atoms with E-state index in [2.05, 4.69) is 65.1 Å². The minimum atomic E-state index is 0.706. The van der Waals surface area contributed by atoms with Crippen LogP contribution in [0.15, 0.2) is 12.1 Å². The Morgan fingerprint density at radius 2 is 2.00 bits per heavy atom. The second-order valence-corrected chi connectivity index (χ2v) is 4.27. The Kier molecular flexibility index (Phi) is 4.09. The van der Waals surface area contributed by atoms with E-state index in [-0.39, 0.29) is 0 Å². The number of aryl methyl sites for hydroxylation is 1. The lowest BCUT2D eigenvalue weighted by atomic mass is 10.1. The van der Waals surface area contributed by atoms with E-state index in [1.807, 2.05) is 6.07 Å². The largest absolute Gasteiger partial charge is 0.483 e. The van der Waals surface area contributed by atoms with Crippen molar-refractivity contribution in [1.29, 1.82) is 0 Å². The maximum atomic E-state index is 5.45. The molecule has 0 atom stereocenters. The Morgan fingerprint density at radius 1 is 1.33 bits per heavy atom. The van der Waals surface area contributed by atoms with Gasteiger partial charge in [0.1, 0.15) is 10.4 Å². The average Bonchev–Trinajstić information content (AvgIpc) is 2.07. The summed E-state index contributed by atoms with van der Waals surface area (Å²) < 4.78 is 7.46. The molecule has 0 saturated carbocycles. The van der Waals surface area contributed by atoms with Gasteiger partial charge in [-0.15, -0.1) is 0 Å². The average molecular weight is 388 g/mol. The van der Waals surface area contributed by atoms with Gasteiger partial charge in [0.25, 0.3) is 0 Å². The van der Waals surface area contributed by atoms with Gasteiger partial charge in [-0.3, -0.25) is 0 Å². The number of rotatable bonds is 2. The molecule has 0 aliphatic rings. The van der Waals surface area contributed by atoms with Crippen LogP contribution in [0.3, 0.4) is 0 Å². The Hall–Kier alpha value is 0.480. The van der Waals surface area contributed by atoms with E-state index in [1.165, 1.54) is 14.7 Å². The van der Waals surface area contributed by atoms with E-state index in [4.69, 9.17) is 4.74 Å². The van der Waals surface area contributed by atoms with Crippen molar-refractivity contribution in [3.63, 3.8) is 0 Å². The van der Waals surface area contributed by atoms with Crippen LogP contribution in [0, 0.1) is 17.4 Å². The van der Waals surface area contributed by atoms with Crippen LogP contribution in [0.5, 0.6) is 5.75 Å². The van der Waals surface area contributed by atoms with Crippen molar-refractivity contribution < 1.29 is 4.74 Å². The zero-order valence-electron chi connectivity index (χ0n) is 7.03. The highest BCUT2D eigenvalue weighted by molar-refractivity contribution is 14.1. The minimum absolute atomic E-state index is 0.706. The zero-order chi connectivity index (χ0) is 9.14. The van der Waals surface area contributed by atoms with E-state index >= 15 is 0 Å². The van der Waals surface area contributed by atoms with Crippen LogP contribution in [-0.4, -0.2) is 4.61 Å². The highest BCUT2D eigenvalue weighted by Gasteiger charge is 2.04. The molecule has 3 heteroatoms. The molecule has 1 rings (SSSR count). The first kappa shape index (κ1) is 10.6. The molecule has 1 aromatic rings. The van der Waals surface area contributed by atoms with E-state index in [1.54, 1.807) is 0 Å². The van der Waals surface area contributed by atoms with Crippen molar-refractivity contribution in [2.45, 2.75) is 13.8 Å². The molecule has 0 spiro atoms. The summed E-state index contributed by atoms with van der Waals surface area (Å²) >= 11 is 4.56. The van der Waals surface area contributed by atoms with Gasteiger partial charge in [0.05, 0.1) is 0 Å². The van der Waals surface area contributed by atoms with Crippen LogP contribution in [0.2, 0.25) is 0 Å². The number of ether oxygens (including phenoxy) is 1. The first-order valence-electron chi connectivity index (χ1n) is 3.61. The van der Waals surface area contributed by atoms with Crippen molar-refractivity contribution in [3.05, 3.63) is 26.8 Å². The zero-order valence-corrected chi connectivity index (χ0v) is 11.3. The summed E-state index contributed by atoms with van der Waals surface area (Å²) in [5.74, 6) is 0.999. The predicted molar refractivity (Wildman–Crippen MR) is 68.1 cm³/mol. The number of halogens is 2. The van der Waals surface area contributed by atoms with Crippen LogP contribution in [0.1, 0.15) is 11.1 Å². The first-order valence-corrected chi connectivity index (χ1v) is 6.21. The van der Waals surface area contributed by atoms with E-state index in [9.17, 15) is 0 Å². The van der Waals surface area contributed by atoms with Gasteiger partial charge in [-0.05, 0) is 70.7 Å². The van der Waals surface area contributed by atoms with Gasteiger partial charge in [-0.25, -0.2) is 0 Å². The molecule has 0 N–H and O–H groups in total. The fourth-order valence-corrected chi connectivity index (χ4v) is 1.80. The summed E-state index contributed by atoms with van der Waals surface area (Å²) in [4.78, 5) is 0. The van der Waals surface area contributed by atoms with Crippen molar-refractivity contribution in [1.82, 2.24) is 0 Å². The monoisotopic (exact) mass is 388 g/mol. The molecule has 0 aromatic heterocycles. The molecule has 0 radical (unpaired) electrons. The Balaban J connectivity index is 3.08. The molecular weight excluding hydrogens is 378 g/mol. The fourth-order valence-electron chi connectivity index (χ4n) is 1.02. The van der Waals surface area contributed by atoms with Crippen LogP contribution in [0.4, 0.5) is 0 Å². The molecule has 0 unspecified atom stereocenters.